The molecule has 1 atom stereocenters. The molecule has 0 aromatic carbocycles. The quantitative estimate of drug-likeness (QED) is 0.858. The van der Waals surface area contributed by atoms with Crippen molar-refractivity contribution in [3.05, 3.63) is 29.6 Å². The zero-order valence-electron chi connectivity index (χ0n) is 12.7. The molecular formula is C15H25N2OSi. The van der Waals surface area contributed by atoms with Gasteiger partial charge in [-0.2, -0.15) is 0 Å². The SMILES string of the molecule is C[Si](C)OC(c1ccc(C2(N)CC2)nc1)C(C)(C)C. The van der Waals surface area contributed by atoms with Crippen molar-refractivity contribution in [1.82, 2.24) is 4.98 Å². The topological polar surface area (TPSA) is 48.1 Å². The first-order valence-electron chi connectivity index (χ1n) is 6.94. The van der Waals surface area contributed by atoms with E-state index in [4.69, 9.17) is 10.2 Å². The molecule has 3 nitrogen and oxygen atoms in total. The maximum atomic E-state index is 6.17. The normalized spacial score (nSPS) is 19.5. The van der Waals surface area contributed by atoms with Crippen molar-refractivity contribution in [2.75, 3.05) is 0 Å². The Kier molecular flexibility index (Phi) is 3.87. The highest BCUT2D eigenvalue weighted by Crippen LogP contribution is 2.42. The van der Waals surface area contributed by atoms with Crippen molar-refractivity contribution >= 4 is 9.04 Å². The first-order valence-corrected chi connectivity index (χ1v) is 9.35. The van der Waals surface area contributed by atoms with Gasteiger partial charge in [-0.15, -0.1) is 0 Å². The summed E-state index contributed by atoms with van der Waals surface area (Å²) in [7, 11) is -0.741. The molecule has 0 aliphatic heterocycles. The van der Waals surface area contributed by atoms with E-state index in [-0.39, 0.29) is 17.1 Å². The maximum Gasteiger partial charge on any atom is 0.205 e. The third kappa shape index (κ3) is 3.44. The summed E-state index contributed by atoms with van der Waals surface area (Å²) in [6.45, 7) is 11.0. The Labute approximate surface area is 118 Å². The lowest BCUT2D eigenvalue weighted by Gasteiger charge is -2.32. The molecular weight excluding hydrogens is 252 g/mol. The van der Waals surface area contributed by atoms with Crippen LogP contribution in [0, 0.1) is 5.41 Å². The molecule has 1 aliphatic carbocycles. The minimum absolute atomic E-state index is 0.0745. The van der Waals surface area contributed by atoms with Crippen LogP contribution < -0.4 is 5.73 Å². The molecule has 1 heterocycles. The predicted molar refractivity (Wildman–Crippen MR) is 80.1 cm³/mol. The van der Waals surface area contributed by atoms with Gasteiger partial charge in [0.05, 0.1) is 17.3 Å². The minimum atomic E-state index is -0.741. The van der Waals surface area contributed by atoms with Gasteiger partial charge >= 0.3 is 0 Å². The summed E-state index contributed by atoms with van der Waals surface area (Å²) in [4.78, 5) is 4.56. The highest BCUT2D eigenvalue weighted by Gasteiger charge is 2.41. The van der Waals surface area contributed by atoms with Gasteiger partial charge in [-0.3, -0.25) is 4.98 Å². The third-order valence-electron chi connectivity index (χ3n) is 3.53. The van der Waals surface area contributed by atoms with Crippen molar-refractivity contribution in [2.24, 2.45) is 11.1 Å². The van der Waals surface area contributed by atoms with Gasteiger partial charge in [-0.05, 0) is 43.0 Å². The van der Waals surface area contributed by atoms with E-state index >= 15 is 0 Å². The van der Waals surface area contributed by atoms with E-state index in [0.29, 0.717) is 0 Å². The number of hydrogen-bond donors (Lipinski definition) is 1. The fourth-order valence-corrected chi connectivity index (χ4v) is 3.19. The summed E-state index contributed by atoms with van der Waals surface area (Å²) in [6.07, 6.45) is 4.15. The Bertz CT molecular complexity index is 432. The number of aromatic nitrogens is 1. The van der Waals surface area contributed by atoms with Crippen LogP contribution in [-0.2, 0) is 9.96 Å². The Hall–Kier alpha value is -0.713. The summed E-state index contributed by atoms with van der Waals surface area (Å²) in [5, 5.41) is 0. The average Bonchev–Trinajstić information content (AvgIpc) is 3.04. The van der Waals surface area contributed by atoms with E-state index < -0.39 is 9.04 Å². The fourth-order valence-electron chi connectivity index (χ4n) is 2.23. The number of pyridine rings is 1. The second-order valence-corrected chi connectivity index (χ2v) is 8.96. The van der Waals surface area contributed by atoms with Gasteiger partial charge < -0.3 is 10.2 Å². The first-order chi connectivity index (χ1) is 8.72. The Morgan fingerprint density at radius 3 is 2.32 bits per heavy atom. The molecule has 1 radical (unpaired) electrons. The van der Waals surface area contributed by atoms with Crippen LogP contribution in [0.3, 0.4) is 0 Å². The second kappa shape index (κ2) is 5.00. The Balaban J connectivity index is 2.22. The van der Waals surface area contributed by atoms with Gasteiger partial charge in [-0.1, -0.05) is 26.8 Å². The van der Waals surface area contributed by atoms with E-state index in [1.54, 1.807) is 0 Å². The van der Waals surface area contributed by atoms with Crippen LogP contribution in [0.1, 0.15) is 51.0 Å². The smallest absolute Gasteiger partial charge is 0.205 e. The number of rotatable bonds is 4. The van der Waals surface area contributed by atoms with Crippen LogP contribution in [0.5, 0.6) is 0 Å². The Morgan fingerprint density at radius 2 is 1.95 bits per heavy atom. The van der Waals surface area contributed by atoms with Crippen molar-refractivity contribution in [3.8, 4) is 0 Å². The molecule has 0 bridgehead atoms. The van der Waals surface area contributed by atoms with Crippen molar-refractivity contribution < 1.29 is 4.43 Å². The lowest BCUT2D eigenvalue weighted by Crippen LogP contribution is -2.26. The highest BCUT2D eigenvalue weighted by atomic mass is 28.3. The van der Waals surface area contributed by atoms with Gasteiger partial charge in [0, 0.05) is 6.20 Å². The molecule has 0 spiro atoms. The minimum Gasteiger partial charge on any atom is -0.410 e. The molecule has 1 aromatic heterocycles. The number of hydrogen-bond acceptors (Lipinski definition) is 3. The number of nitrogens with zero attached hydrogens (tertiary/aromatic N) is 1. The van der Waals surface area contributed by atoms with Crippen molar-refractivity contribution in [2.45, 2.75) is 58.3 Å². The van der Waals surface area contributed by atoms with E-state index in [9.17, 15) is 0 Å². The standard InChI is InChI=1S/C15H25N2OSi/c1-14(2,3)13(18-19(4)5)11-6-7-12(17-10-11)15(16)8-9-15/h6-7,10,13H,8-9,16H2,1-5H3. The lowest BCUT2D eigenvalue weighted by atomic mass is 9.85. The lowest BCUT2D eigenvalue weighted by molar-refractivity contribution is 0.0862. The highest BCUT2D eigenvalue weighted by molar-refractivity contribution is 6.48. The Morgan fingerprint density at radius 1 is 1.32 bits per heavy atom. The van der Waals surface area contributed by atoms with Gasteiger partial charge in [-0.25, -0.2) is 0 Å². The van der Waals surface area contributed by atoms with Gasteiger partial charge in [0.15, 0.2) is 0 Å². The maximum absolute atomic E-state index is 6.17. The summed E-state index contributed by atoms with van der Waals surface area (Å²) in [5.41, 5.74) is 8.27. The van der Waals surface area contributed by atoms with Crippen molar-refractivity contribution in [3.63, 3.8) is 0 Å². The van der Waals surface area contributed by atoms with Crippen LogP contribution in [0.2, 0.25) is 13.1 Å². The summed E-state index contributed by atoms with van der Waals surface area (Å²) < 4.78 is 6.17. The zero-order chi connectivity index (χ0) is 14.3. The van der Waals surface area contributed by atoms with Gasteiger partial charge in [0.25, 0.3) is 0 Å². The van der Waals surface area contributed by atoms with Crippen LogP contribution in [0.25, 0.3) is 0 Å². The van der Waals surface area contributed by atoms with Crippen LogP contribution in [-0.4, -0.2) is 14.0 Å². The molecule has 2 N–H and O–H groups in total. The fraction of sp³-hybridized carbons (Fsp3) is 0.667. The van der Waals surface area contributed by atoms with E-state index in [1.807, 2.05) is 6.20 Å². The second-order valence-electron chi connectivity index (χ2n) is 6.91. The molecule has 105 valence electrons. The molecule has 1 aliphatic rings. The van der Waals surface area contributed by atoms with Crippen LogP contribution in [0.15, 0.2) is 18.3 Å². The van der Waals surface area contributed by atoms with E-state index in [0.717, 1.165) is 24.1 Å². The monoisotopic (exact) mass is 277 g/mol. The first kappa shape index (κ1) is 14.7. The molecule has 0 amide bonds. The van der Waals surface area contributed by atoms with Gasteiger partial charge in [0.2, 0.25) is 9.04 Å². The largest absolute Gasteiger partial charge is 0.410 e. The van der Waals surface area contributed by atoms with Crippen LogP contribution in [0.4, 0.5) is 0 Å². The molecule has 1 saturated carbocycles. The molecule has 19 heavy (non-hydrogen) atoms. The van der Waals surface area contributed by atoms with E-state index in [1.165, 1.54) is 0 Å². The van der Waals surface area contributed by atoms with Crippen molar-refractivity contribution in [1.29, 1.82) is 0 Å². The van der Waals surface area contributed by atoms with E-state index in [2.05, 4.69) is 51.0 Å². The molecule has 1 aromatic rings. The molecule has 1 unspecified atom stereocenters. The zero-order valence-corrected chi connectivity index (χ0v) is 13.7. The molecule has 4 heteroatoms. The predicted octanol–water partition coefficient (Wildman–Crippen LogP) is 3.38. The van der Waals surface area contributed by atoms with Crippen LogP contribution >= 0.6 is 0 Å². The summed E-state index contributed by atoms with van der Waals surface area (Å²) >= 11 is 0. The van der Waals surface area contributed by atoms with Gasteiger partial charge in [0.1, 0.15) is 0 Å². The third-order valence-corrected chi connectivity index (χ3v) is 4.24. The average molecular weight is 277 g/mol. The summed E-state index contributed by atoms with van der Waals surface area (Å²) in [5.74, 6) is 0. The molecule has 0 saturated heterocycles. The molecule has 2 rings (SSSR count). The summed E-state index contributed by atoms with van der Waals surface area (Å²) in [6, 6.07) is 4.21. The molecule has 1 fully saturated rings. The number of nitrogens with two attached hydrogens (primary N) is 1.